The van der Waals surface area contributed by atoms with Gasteiger partial charge in [-0.2, -0.15) is 13.2 Å². The SMILES string of the molecule is CC(C)(C)CC(C)(CNC1CCC(F)(S(=O)(=O)c2cccc(C(F)(F)F)c2)CC1)NC(=O)O. The van der Waals surface area contributed by atoms with Crippen LogP contribution in [-0.4, -0.2) is 42.7 Å². The molecule has 33 heavy (non-hydrogen) atoms. The minimum atomic E-state index is -4.74. The lowest BCUT2D eigenvalue weighted by Gasteiger charge is -2.39. The fourth-order valence-electron chi connectivity index (χ4n) is 4.52. The van der Waals surface area contributed by atoms with Gasteiger partial charge in [0.2, 0.25) is 14.8 Å². The van der Waals surface area contributed by atoms with Crippen LogP contribution in [0.1, 0.15) is 65.4 Å². The molecule has 0 radical (unpaired) electrons. The highest BCUT2D eigenvalue weighted by atomic mass is 32.2. The number of carboxylic acid groups (broad SMARTS) is 1. The average molecular weight is 497 g/mol. The molecule has 1 atom stereocenters. The van der Waals surface area contributed by atoms with Gasteiger partial charge in [-0.15, -0.1) is 0 Å². The third-order valence-corrected chi connectivity index (χ3v) is 8.04. The summed E-state index contributed by atoms with van der Waals surface area (Å²) in [5, 5.41) is 12.3. The van der Waals surface area contributed by atoms with Gasteiger partial charge in [-0.25, -0.2) is 17.6 Å². The van der Waals surface area contributed by atoms with Crippen LogP contribution in [-0.2, 0) is 16.0 Å². The number of hydrogen-bond acceptors (Lipinski definition) is 4. The topological polar surface area (TPSA) is 95.5 Å². The van der Waals surface area contributed by atoms with Gasteiger partial charge in [0, 0.05) is 12.6 Å². The Balaban J connectivity index is 2.09. The van der Waals surface area contributed by atoms with Crippen LogP contribution >= 0.6 is 0 Å². The molecule has 188 valence electrons. The van der Waals surface area contributed by atoms with Crippen molar-refractivity contribution in [3.8, 4) is 0 Å². The summed E-state index contributed by atoms with van der Waals surface area (Å²) in [6.07, 6.45) is -5.82. The number of halogens is 4. The molecule has 1 aliphatic rings. The highest BCUT2D eigenvalue weighted by Gasteiger charge is 2.48. The fraction of sp³-hybridized carbons (Fsp3) is 0.682. The zero-order valence-electron chi connectivity index (χ0n) is 19.2. The van der Waals surface area contributed by atoms with Crippen molar-refractivity contribution in [2.45, 2.75) is 87.5 Å². The van der Waals surface area contributed by atoms with E-state index < -0.39 is 43.1 Å². The summed E-state index contributed by atoms with van der Waals surface area (Å²) in [4.78, 5) is 10.6. The van der Waals surface area contributed by atoms with Gasteiger partial charge in [-0.3, -0.25) is 0 Å². The van der Waals surface area contributed by atoms with Crippen molar-refractivity contribution in [3.05, 3.63) is 29.8 Å². The van der Waals surface area contributed by atoms with Gasteiger partial charge in [-0.05, 0) is 62.6 Å². The molecule has 6 nitrogen and oxygen atoms in total. The molecule has 1 amide bonds. The first-order valence-corrected chi connectivity index (χ1v) is 12.2. The summed E-state index contributed by atoms with van der Waals surface area (Å²) in [6.45, 7) is 7.96. The Morgan fingerprint density at radius 1 is 1.15 bits per heavy atom. The molecule has 1 aromatic carbocycles. The lowest BCUT2D eigenvalue weighted by Crippen LogP contribution is -2.56. The van der Waals surface area contributed by atoms with Gasteiger partial charge in [0.25, 0.3) is 0 Å². The molecule has 0 saturated heterocycles. The number of amides is 1. The van der Waals surface area contributed by atoms with E-state index in [4.69, 9.17) is 0 Å². The quantitative estimate of drug-likeness (QED) is 0.455. The van der Waals surface area contributed by atoms with E-state index >= 15 is 4.39 Å². The second kappa shape index (κ2) is 9.40. The molecule has 1 aliphatic carbocycles. The zero-order chi connectivity index (χ0) is 25.3. The molecule has 1 saturated carbocycles. The van der Waals surface area contributed by atoms with Crippen LogP contribution in [0, 0.1) is 5.41 Å². The van der Waals surface area contributed by atoms with E-state index in [-0.39, 0.29) is 43.7 Å². The first kappa shape index (κ1) is 27.4. The van der Waals surface area contributed by atoms with Crippen molar-refractivity contribution in [1.29, 1.82) is 0 Å². The van der Waals surface area contributed by atoms with Crippen molar-refractivity contribution in [1.82, 2.24) is 10.6 Å². The second-order valence-electron chi connectivity index (χ2n) is 10.3. The van der Waals surface area contributed by atoms with Crippen molar-refractivity contribution >= 4 is 15.9 Å². The molecule has 1 aromatic rings. The smallest absolute Gasteiger partial charge is 0.416 e. The first-order valence-electron chi connectivity index (χ1n) is 10.7. The van der Waals surface area contributed by atoms with Crippen molar-refractivity contribution in [2.75, 3.05) is 6.54 Å². The predicted octanol–water partition coefficient (Wildman–Crippen LogP) is 5.14. The van der Waals surface area contributed by atoms with E-state index in [2.05, 4.69) is 10.6 Å². The van der Waals surface area contributed by atoms with E-state index in [1.807, 2.05) is 20.8 Å². The third kappa shape index (κ3) is 7.05. The monoisotopic (exact) mass is 496 g/mol. The maximum Gasteiger partial charge on any atom is 0.416 e. The number of carbonyl (C=O) groups is 1. The van der Waals surface area contributed by atoms with Crippen LogP contribution < -0.4 is 10.6 Å². The third-order valence-electron chi connectivity index (χ3n) is 5.80. The van der Waals surface area contributed by atoms with Gasteiger partial charge in [0.05, 0.1) is 16.0 Å². The van der Waals surface area contributed by atoms with E-state index in [0.29, 0.717) is 12.5 Å². The predicted molar refractivity (Wildman–Crippen MR) is 116 cm³/mol. The summed E-state index contributed by atoms with van der Waals surface area (Å²) < 4.78 is 80.1. The molecule has 0 spiro atoms. The normalized spacial score (nSPS) is 24.2. The number of rotatable bonds is 7. The van der Waals surface area contributed by atoms with Gasteiger partial charge in [0.15, 0.2) is 0 Å². The minimum Gasteiger partial charge on any atom is -0.465 e. The Kier molecular flexibility index (Phi) is 7.80. The van der Waals surface area contributed by atoms with E-state index in [1.165, 1.54) is 0 Å². The van der Waals surface area contributed by atoms with Crippen LogP contribution in [0.4, 0.5) is 22.4 Å². The molecule has 1 unspecified atom stereocenters. The van der Waals surface area contributed by atoms with Crippen molar-refractivity contribution in [2.24, 2.45) is 5.41 Å². The zero-order valence-corrected chi connectivity index (χ0v) is 20.0. The number of sulfone groups is 1. The molecule has 0 heterocycles. The molecule has 2 rings (SSSR count). The van der Waals surface area contributed by atoms with Gasteiger partial charge >= 0.3 is 12.3 Å². The molecule has 0 bridgehead atoms. The Hall–Kier alpha value is -1.88. The number of alkyl halides is 4. The van der Waals surface area contributed by atoms with Gasteiger partial charge in [-0.1, -0.05) is 26.8 Å². The lowest BCUT2D eigenvalue weighted by atomic mass is 9.80. The maximum absolute atomic E-state index is 15.5. The van der Waals surface area contributed by atoms with E-state index in [0.717, 1.165) is 18.2 Å². The number of hydrogen-bond donors (Lipinski definition) is 3. The molecule has 0 aliphatic heterocycles. The standard InChI is InChI=1S/C22H32F4N2O4S/c1-19(2,3)13-20(4,28-18(29)30)14-27-16-8-10-21(23,11-9-16)33(31,32)17-7-5-6-15(12-17)22(24,25)26/h5-7,12,16,27-28H,8-11,13-14H2,1-4H3,(H,29,30). The van der Waals surface area contributed by atoms with Crippen LogP contribution in [0.3, 0.4) is 0 Å². The fourth-order valence-corrected chi connectivity index (χ4v) is 6.26. The number of benzene rings is 1. The van der Waals surface area contributed by atoms with Crippen LogP contribution in [0.5, 0.6) is 0 Å². The summed E-state index contributed by atoms with van der Waals surface area (Å²) >= 11 is 0. The minimum absolute atomic E-state index is 0.146. The molecule has 1 fully saturated rings. The molecule has 0 aromatic heterocycles. The first-order chi connectivity index (χ1) is 14.9. The molecular weight excluding hydrogens is 464 g/mol. The van der Waals surface area contributed by atoms with E-state index in [9.17, 15) is 31.5 Å². The van der Waals surface area contributed by atoms with Crippen LogP contribution in [0.25, 0.3) is 0 Å². The Morgan fingerprint density at radius 3 is 2.21 bits per heavy atom. The highest BCUT2D eigenvalue weighted by molar-refractivity contribution is 7.92. The number of nitrogens with one attached hydrogen (secondary N) is 2. The second-order valence-corrected chi connectivity index (χ2v) is 12.5. The molecular formula is C22H32F4N2O4S. The largest absolute Gasteiger partial charge is 0.465 e. The Bertz CT molecular complexity index is 952. The van der Waals surface area contributed by atoms with Gasteiger partial charge < -0.3 is 15.7 Å². The maximum atomic E-state index is 15.5. The Morgan fingerprint density at radius 2 is 1.73 bits per heavy atom. The molecule has 11 heteroatoms. The van der Waals surface area contributed by atoms with Crippen molar-refractivity contribution < 1.29 is 35.9 Å². The van der Waals surface area contributed by atoms with Crippen molar-refractivity contribution in [3.63, 3.8) is 0 Å². The summed E-state index contributed by atoms with van der Waals surface area (Å²) in [6, 6.07) is 2.89. The summed E-state index contributed by atoms with van der Waals surface area (Å²) in [5.41, 5.74) is -2.11. The van der Waals surface area contributed by atoms with E-state index in [1.54, 1.807) is 6.92 Å². The summed E-state index contributed by atoms with van der Waals surface area (Å²) in [7, 11) is -4.64. The molecule has 3 N–H and O–H groups in total. The average Bonchev–Trinajstić information content (AvgIpc) is 2.65. The Labute approximate surface area is 192 Å². The van der Waals surface area contributed by atoms with Gasteiger partial charge in [0.1, 0.15) is 0 Å². The summed E-state index contributed by atoms with van der Waals surface area (Å²) in [5.74, 6) is 0. The van der Waals surface area contributed by atoms with Crippen LogP contribution in [0.2, 0.25) is 0 Å². The van der Waals surface area contributed by atoms with Crippen LogP contribution in [0.15, 0.2) is 29.2 Å². The lowest BCUT2D eigenvalue weighted by molar-refractivity contribution is -0.137. The highest BCUT2D eigenvalue weighted by Crippen LogP contribution is 2.41.